The highest BCUT2D eigenvalue weighted by atomic mass is 79.9. The van der Waals surface area contributed by atoms with Crippen LogP contribution in [0.15, 0.2) is 22.7 Å². The van der Waals surface area contributed by atoms with Crippen LogP contribution in [0.25, 0.3) is 0 Å². The number of halogens is 2. The van der Waals surface area contributed by atoms with Crippen molar-refractivity contribution in [1.82, 2.24) is 9.80 Å². The molecule has 0 spiro atoms. The van der Waals surface area contributed by atoms with E-state index in [1.165, 1.54) is 4.90 Å². The van der Waals surface area contributed by atoms with Crippen molar-refractivity contribution >= 4 is 45.3 Å². The Labute approximate surface area is 166 Å². The molecule has 1 aromatic carbocycles. The lowest BCUT2D eigenvalue weighted by Crippen LogP contribution is -2.47. The molecule has 142 valence electrons. The number of piperidine rings is 1. The maximum atomic E-state index is 12.5. The highest BCUT2D eigenvalue weighted by Crippen LogP contribution is 2.23. The molecule has 0 radical (unpaired) electrons. The standard InChI is InChI=1S/C18H22BrClN2O4/c1-3-26-18(25)12-5-4-8-22(10-12)16(23)11-21(2)17(24)14-7-6-13(19)9-15(14)20/h6-7,9,12H,3-5,8,10-11H2,1-2H3. The molecule has 0 bridgehead atoms. The molecule has 1 aliphatic heterocycles. The molecule has 8 heteroatoms. The molecular weight excluding hydrogens is 424 g/mol. The van der Waals surface area contributed by atoms with Crippen molar-refractivity contribution in [1.29, 1.82) is 0 Å². The Bertz CT molecular complexity index is 698. The van der Waals surface area contributed by atoms with E-state index in [1.54, 1.807) is 37.1 Å². The van der Waals surface area contributed by atoms with Crippen LogP contribution in [0.4, 0.5) is 0 Å². The summed E-state index contributed by atoms with van der Waals surface area (Å²) >= 11 is 9.41. The van der Waals surface area contributed by atoms with Crippen molar-refractivity contribution in [3.05, 3.63) is 33.3 Å². The molecule has 0 saturated carbocycles. The highest BCUT2D eigenvalue weighted by molar-refractivity contribution is 9.10. The van der Waals surface area contributed by atoms with Gasteiger partial charge in [0, 0.05) is 24.6 Å². The second-order valence-electron chi connectivity index (χ2n) is 6.22. The number of rotatable bonds is 5. The summed E-state index contributed by atoms with van der Waals surface area (Å²) in [5.41, 5.74) is 0.341. The van der Waals surface area contributed by atoms with Gasteiger partial charge in [-0.2, -0.15) is 0 Å². The fraction of sp³-hybridized carbons (Fsp3) is 0.500. The van der Waals surface area contributed by atoms with Crippen molar-refractivity contribution in [3.63, 3.8) is 0 Å². The first kappa shape index (κ1) is 20.7. The van der Waals surface area contributed by atoms with Gasteiger partial charge in [0.2, 0.25) is 5.91 Å². The number of carbonyl (C=O) groups is 3. The number of amides is 2. The van der Waals surface area contributed by atoms with Gasteiger partial charge in [-0.1, -0.05) is 27.5 Å². The Morgan fingerprint density at radius 3 is 2.77 bits per heavy atom. The maximum absolute atomic E-state index is 12.5. The molecule has 1 atom stereocenters. The number of likely N-dealkylation sites (tertiary alicyclic amines) is 1. The highest BCUT2D eigenvalue weighted by Gasteiger charge is 2.30. The molecule has 1 unspecified atom stereocenters. The largest absolute Gasteiger partial charge is 0.466 e. The Morgan fingerprint density at radius 2 is 2.12 bits per heavy atom. The van der Waals surface area contributed by atoms with E-state index in [1.807, 2.05) is 0 Å². The number of hydrogen-bond acceptors (Lipinski definition) is 4. The van der Waals surface area contributed by atoms with Crippen molar-refractivity contribution in [2.24, 2.45) is 5.92 Å². The zero-order valence-corrected chi connectivity index (χ0v) is 17.2. The van der Waals surface area contributed by atoms with Gasteiger partial charge >= 0.3 is 5.97 Å². The first-order valence-electron chi connectivity index (χ1n) is 8.48. The number of likely N-dealkylation sites (N-methyl/N-ethyl adjacent to an activating group) is 1. The molecule has 26 heavy (non-hydrogen) atoms. The van der Waals surface area contributed by atoms with Crippen LogP contribution in [0.1, 0.15) is 30.1 Å². The maximum Gasteiger partial charge on any atom is 0.310 e. The van der Waals surface area contributed by atoms with Crippen LogP contribution in [0, 0.1) is 5.92 Å². The van der Waals surface area contributed by atoms with Gasteiger partial charge in [-0.05, 0) is 38.0 Å². The van der Waals surface area contributed by atoms with E-state index in [9.17, 15) is 14.4 Å². The van der Waals surface area contributed by atoms with Crippen molar-refractivity contribution in [3.8, 4) is 0 Å². The molecule has 1 saturated heterocycles. The topological polar surface area (TPSA) is 66.9 Å². The van der Waals surface area contributed by atoms with Crippen LogP contribution in [0.5, 0.6) is 0 Å². The van der Waals surface area contributed by atoms with E-state index in [-0.39, 0.29) is 30.2 Å². The summed E-state index contributed by atoms with van der Waals surface area (Å²) in [5, 5.41) is 0.323. The molecule has 2 rings (SSSR count). The summed E-state index contributed by atoms with van der Waals surface area (Å²) in [6.45, 7) is 2.93. The number of hydrogen-bond donors (Lipinski definition) is 0. The Kier molecular flexibility index (Phi) is 7.46. The van der Waals surface area contributed by atoms with Gasteiger partial charge in [0.05, 0.1) is 29.7 Å². The minimum Gasteiger partial charge on any atom is -0.466 e. The molecule has 6 nitrogen and oxygen atoms in total. The summed E-state index contributed by atoms with van der Waals surface area (Å²) in [4.78, 5) is 39.9. The predicted molar refractivity (Wildman–Crippen MR) is 102 cm³/mol. The van der Waals surface area contributed by atoms with Gasteiger partial charge in [0.15, 0.2) is 0 Å². The third kappa shape index (κ3) is 5.20. The third-order valence-electron chi connectivity index (χ3n) is 4.27. The van der Waals surface area contributed by atoms with E-state index >= 15 is 0 Å². The van der Waals surface area contributed by atoms with E-state index in [0.29, 0.717) is 36.7 Å². The molecule has 2 amide bonds. The lowest BCUT2D eigenvalue weighted by Gasteiger charge is -2.32. The SMILES string of the molecule is CCOC(=O)C1CCCN(C(=O)CN(C)C(=O)c2ccc(Br)cc2Cl)C1. The summed E-state index contributed by atoms with van der Waals surface area (Å²) in [5.74, 6) is -1.08. The Hall–Kier alpha value is -1.60. The first-order valence-corrected chi connectivity index (χ1v) is 9.65. The molecule has 0 N–H and O–H groups in total. The average molecular weight is 446 g/mol. The summed E-state index contributed by atoms with van der Waals surface area (Å²) in [7, 11) is 1.56. The van der Waals surface area contributed by atoms with Gasteiger partial charge in [-0.15, -0.1) is 0 Å². The van der Waals surface area contributed by atoms with Crippen LogP contribution in [-0.2, 0) is 14.3 Å². The van der Waals surface area contributed by atoms with Gasteiger partial charge in [0.1, 0.15) is 0 Å². The monoisotopic (exact) mass is 444 g/mol. The van der Waals surface area contributed by atoms with Gasteiger partial charge in [-0.3, -0.25) is 14.4 Å². The van der Waals surface area contributed by atoms with Crippen LogP contribution in [0.3, 0.4) is 0 Å². The van der Waals surface area contributed by atoms with Crippen molar-refractivity contribution in [2.75, 3.05) is 33.3 Å². The van der Waals surface area contributed by atoms with E-state index < -0.39 is 0 Å². The molecule has 1 heterocycles. The van der Waals surface area contributed by atoms with E-state index in [0.717, 1.165) is 10.9 Å². The zero-order chi connectivity index (χ0) is 19.3. The minimum atomic E-state index is -0.324. The van der Waals surface area contributed by atoms with Crippen molar-refractivity contribution < 1.29 is 19.1 Å². The number of carbonyl (C=O) groups excluding carboxylic acids is 3. The molecule has 0 aromatic heterocycles. The average Bonchev–Trinajstić information content (AvgIpc) is 2.61. The van der Waals surface area contributed by atoms with Crippen LogP contribution >= 0.6 is 27.5 Å². The molecule has 1 aromatic rings. The molecule has 1 aliphatic rings. The Morgan fingerprint density at radius 1 is 1.38 bits per heavy atom. The second-order valence-corrected chi connectivity index (χ2v) is 7.54. The lowest BCUT2D eigenvalue weighted by molar-refractivity contribution is -0.151. The van der Waals surface area contributed by atoms with Crippen LogP contribution < -0.4 is 0 Å². The van der Waals surface area contributed by atoms with Gasteiger partial charge in [-0.25, -0.2) is 0 Å². The number of nitrogens with zero attached hydrogens (tertiary/aromatic N) is 2. The Balaban J connectivity index is 1.97. The van der Waals surface area contributed by atoms with Crippen LogP contribution in [0.2, 0.25) is 5.02 Å². The molecule has 0 aliphatic carbocycles. The van der Waals surface area contributed by atoms with E-state index in [4.69, 9.17) is 16.3 Å². The third-order valence-corrected chi connectivity index (χ3v) is 5.08. The first-order chi connectivity index (χ1) is 12.3. The fourth-order valence-corrected chi connectivity index (χ4v) is 3.65. The summed E-state index contributed by atoms with van der Waals surface area (Å²) in [6, 6.07) is 4.98. The summed E-state index contributed by atoms with van der Waals surface area (Å²) < 4.78 is 5.82. The number of benzene rings is 1. The van der Waals surface area contributed by atoms with E-state index in [2.05, 4.69) is 15.9 Å². The zero-order valence-electron chi connectivity index (χ0n) is 14.8. The number of ether oxygens (including phenoxy) is 1. The number of esters is 1. The quantitative estimate of drug-likeness (QED) is 0.654. The fourth-order valence-electron chi connectivity index (χ4n) is 2.90. The lowest BCUT2D eigenvalue weighted by atomic mass is 9.98. The van der Waals surface area contributed by atoms with Crippen molar-refractivity contribution in [2.45, 2.75) is 19.8 Å². The molecular formula is C18H22BrClN2O4. The smallest absolute Gasteiger partial charge is 0.310 e. The summed E-state index contributed by atoms with van der Waals surface area (Å²) in [6.07, 6.45) is 1.46. The molecule has 1 fully saturated rings. The van der Waals surface area contributed by atoms with Gasteiger partial charge in [0.25, 0.3) is 5.91 Å². The minimum absolute atomic E-state index is 0.0687. The second kappa shape index (κ2) is 9.37. The van der Waals surface area contributed by atoms with Crippen LogP contribution in [-0.4, -0.2) is 60.9 Å². The van der Waals surface area contributed by atoms with Gasteiger partial charge < -0.3 is 14.5 Å². The normalized spacial score (nSPS) is 16.9. The predicted octanol–water partition coefficient (Wildman–Crippen LogP) is 2.98.